The van der Waals surface area contributed by atoms with Crippen LogP contribution in [0, 0.1) is 0 Å². The molecule has 1 N–H and O–H groups in total. The highest BCUT2D eigenvalue weighted by molar-refractivity contribution is 5.79. The van der Waals surface area contributed by atoms with E-state index in [1.807, 2.05) is 11.1 Å². The summed E-state index contributed by atoms with van der Waals surface area (Å²) >= 11 is 0. The van der Waals surface area contributed by atoms with Crippen molar-refractivity contribution in [3.8, 4) is 0 Å². The van der Waals surface area contributed by atoms with Gasteiger partial charge in [-0.1, -0.05) is 23.7 Å². The minimum atomic E-state index is 0.123. The van der Waals surface area contributed by atoms with E-state index in [0.717, 1.165) is 50.6 Å². The molecule has 1 aliphatic carbocycles. The van der Waals surface area contributed by atoms with Crippen molar-refractivity contribution >= 4 is 16.8 Å². The molecule has 7 nitrogen and oxygen atoms in total. The minimum Gasteiger partial charge on any atom is -0.361 e. The van der Waals surface area contributed by atoms with Gasteiger partial charge in [-0.3, -0.25) is 9.69 Å². The molecule has 2 fully saturated rings. The lowest BCUT2D eigenvalue weighted by molar-refractivity contribution is -0.130. The smallest absolute Gasteiger partial charge is 0.229 e. The molecule has 1 unspecified atom stereocenters. The number of nitrogens with zero attached hydrogens (tertiary/aromatic N) is 4. The molecular weight excluding hydrogens is 378 g/mol. The summed E-state index contributed by atoms with van der Waals surface area (Å²) in [5.41, 5.74) is 2.48. The van der Waals surface area contributed by atoms with Crippen molar-refractivity contribution < 1.29 is 9.32 Å². The Balaban J connectivity index is 1.17. The first-order valence-electron chi connectivity index (χ1n) is 11.0. The van der Waals surface area contributed by atoms with Gasteiger partial charge in [0.25, 0.3) is 0 Å². The molecule has 3 aromatic rings. The maximum Gasteiger partial charge on any atom is 0.229 e. The maximum absolute atomic E-state index is 12.3. The average Bonchev–Trinajstić information content (AvgIpc) is 3.41. The second-order valence-electron chi connectivity index (χ2n) is 8.72. The first-order chi connectivity index (χ1) is 14.7. The number of likely N-dealkylation sites (tertiary alicyclic amines) is 1. The van der Waals surface area contributed by atoms with Crippen molar-refractivity contribution in [3.05, 3.63) is 47.7 Å². The molecule has 1 saturated carbocycles. The molecule has 158 valence electrons. The van der Waals surface area contributed by atoms with Gasteiger partial charge in [0.05, 0.1) is 0 Å². The molecule has 5 rings (SSSR count). The number of aromatic amines is 1. The molecule has 0 spiro atoms. The standard InChI is InChI=1S/C23H29N5O2/c1-16(29)28(12-9-22-25-23(30-26-22)19-3-2-4-19)20-8-11-27(15-20)14-17-5-6-18-7-10-24-21(18)13-17/h5-7,10,13,19-20,24H,2-4,8-9,11-12,14-15H2,1H3. The second-order valence-corrected chi connectivity index (χ2v) is 8.72. The predicted molar refractivity (Wildman–Crippen MR) is 114 cm³/mol. The summed E-state index contributed by atoms with van der Waals surface area (Å²) in [4.78, 5) is 24.6. The van der Waals surface area contributed by atoms with E-state index >= 15 is 0 Å². The van der Waals surface area contributed by atoms with Crippen LogP contribution in [-0.4, -0.2) is 56.5 Å². The Morgan fingerprint density at radius 2 is 2.20 bits per heavy atom. The van der Waals surface area contributed by atoms with E-state index in [-0.39, 0.29) is 11.9 Å². The van der Waals surface area contributed by atoms with Gasteiger partial charge >= 0.3 is 0 Å². The van der Waals surface area contributed by atoms with Gasteiger partial charge in [-0.2, -0.15) is 4.98 Å². The summed E-state index contributed by atoms with van der Waals surface area (Å²) in [6.07, 6.45) is 7.17. The molecule has 2 aromatic heterocycles. The molecule has 0 bridgehead atoms. The topological polar surface area (TPSA) is 78.3 Å². The number of carbonyl (C=O) groups is 1. The number of hydrogen-bond acceptors (Lipinski definition) is 5. The van der Waals surface area contributed by atoms with Gasteiger partial charge < -0.3 is 14.4 Å². The normalized spacial score (nSPS) is 20.0. The highest BCUT2D eigenvalue weighted by Gasteiger charge is 2.30. The average molecular weight is 408 g/mol. The number of rotatable bonds is 7. The third-order valence-electron chi connectivity index (χ3n) is 6.63. The lowest BCUT2D eigenvalue weighted by atomic mass is 9.85. The van der Waals surface area contributed by atoms with Crippen LogP contribution in [0.25, 0.3) is 10.9 Å². The third kappa shape index (κ3) is 3.99. The summed E-state index contributed by atoms with van der Waals surface area (Å²) in [7, 11) is 0. The van der Waals surface area contributed by atoms with E-state index in [1.54, 1.807) is 6.92 Å². The fourth-order valence-electron chi connectivity index (χ4n) is 4.67. The van der Waals surface area contributed by atoms with Crippen molar-refractivity contribution in [2.24, 2.45) is 0 Å². The van der Waals surface area contributed by atoms with Crippen LogP contribution in [0.2, 0.25) is 0 Å². The fourth-order valence-corrected chi connectivity index (χ4v) is 4.67. The summed E-state index contributed by atoms with van der Waals surface area (Å²) in [6, 6.07) is 8.92. The van der Waals surface area contributed by atoms with Gasteiger partial charge in [0.2, 0.25) is 11.8 Å². The van der Waals surface area contributed by atoms with Crippen LogP contribution in [0.4, 0.5) is 0 Å². The fraction of sp³-hybridized carbons (Fsp3) is 0.522. The molecule has 1 aliphatic heterocycles. The van der Waals surface area contributed by atoms with Gasteiger partial charge in [-0.25, -0.2) is 0 Å². The molecular formula is C23H29N5O2. The Morgan fingerprint density at radius 1 is 1.30 bits per heavy atom. The highest BCUT2D eigenvalue weighted by Crippen LogP contribution is 2.35. The molecule has 30 heavy (non-hydrogen) atoms. The largest absolute Gasteiger partial charge is 0.361 e. The zero-order chi connectivity index (χ0) is 20.5. The zero-order valence-corrected chi connectivity index (χ0v) is 17.5. The van der Waals surface area contributed by atoms with Crippen LogP contribution in [0.5, 0.6) is 0 Å². The van der Waals surface area contributed by atoms with Gasteiger partial charge in [0.15, 0.2) is 5.82 Å². The van der Waals surface area contributed by atoms with E-state index < -0.39 is 0 Å². The molecule has 3 heterocycles. The number of benzene rings is 1. The molecule has 7 heteroatoms. The van der Waals surface area contributed by atoms with E-state index in [9.17, 15) is 4.79 Å². The molecule has 0 radical (unpaired) electrons. The Bertz CT molecular complexity index is 1020. The number of fused-ring (bicyclic) bond motifs is 1. The molecule has 1 amide bonds. The molecule has 1 aromatic carbocycles. The minimum absolute atomic E-state index is 0.123. The van der Waals surface area contributed by atoms with E-state index in [0.29, 0.717) is 18.9 Å². The molecule has 1 atom stereocenters. The monoisotopic (exact) mass is 407 g/mol. The zero-order valence-electron chi connectivity index (χ0n) is 17.5. The third-order valence-corrected chi connectivity index (χ3v) is 6.63. The maximum atomic E-state index is 12.3. The van der Waals surface area contributed by atoms with Gasteiger partial charge in [-0.15, -0.1) is 0 Å². The van der Waals surface area contributed by atoms with Gasteiger partial charge in [-0.05, 0) is 42.3 Å². The Kier molecular flexibility index (Phi) is 5.29. The van der Waals surface area contributed by atoms with Crippen LogP contribution in [0.3, 0.4) is 0 Å². The summed E-state index contributed by atoms with van der Waals surface area (Å²) in [5, 5.41) is 5.37. The summed E-state index contributed by atoms with van der Waals surface area (Å²) in [5.74, 6) is 2.06. The Labute approximate surface area is 176 Å². The SMILES string of the molecule is CC(=O)N(CCc1noc(C2CCC2)n1)C1CCN(Cc2ccc3cc[nH]c3c2)C1. The Hall–Kier alpha value is -2.67. The first kappa shape index (κ1) is 19.3. The second kappa shape index (κ2) is 8.22. The lowest BCUT2D eigenvalue weighted by Gasteiger charge is -2.28. The summed E-state index contributed by atoms with van der Waals surface area (Å²) < 4.78 is 5.42. The first-order valence-corrected chi connectivity index (χ1v) is 11.0. The summed E-state index contributed by atoms with van der Waals surface area (Å²) in [6.45, 7) is 5.13. The van der Waals surface area contributed by atoms with Crippen LogP contribution >= 0.6 is 0 Å². The van der Waals surface area contributed by atoms with Gasteiger partial charge in [0.1, 0.15) is 0 Å². The number of amides is 1. The lowest BCUT2D eigenvalue weighted by Crippen LogP contribution is -2.42. The number of H-pyrrole nitrogens is 1. The van der Waals surface area contributed by atoms with E-state index in [2.05, 4.69) is 44.3 Å². The van der Waals surface area contributed by atoms with Crippen LogP contribution in [0.1, 0.15) is 55.8 Å². The van der Waals surface area contributed by atoms with Crippen LogP contribution < -0.4 is 0 Å². The molecule has 2 aliphatic rings. The van der Waals surface area contributed by atoms with Crippen LogP contribution in [-0.2, 0) is 17.8 Å². The van der Waals surface area contributed by atoms with E-state index in [1.165, 1.54) is 22.9 Å². The number of aromatic nitrogens is 3. The number of carbonyl (C=O) groups excluding carboxylic acids is 1. The van der Waals surface area contributed by atoms with Crippen molar-refractivity contribution in [3.63, 3.8) is 0 Å². The van der Waals surface area contributed by atoms with Crippen molar-refractivity contribution in [1.29, 1.82) is 0 Å². The van der Waals surface area contributed by atoms with Gasteiger partial charge in [0, 0.05) is 63.2 Å². The van der Waals surface area contributed by atoms with E-state index in [4.69, 9.17) is 4.52 Å². The van der Waals surface area contributed by atoms with Crippen molar-refractivity contribution in [1.82, 2.24) is 24.9 Å². The number of nitrogens with one attached hydrogen (secondary N) is 1. The Morgan fingerprint density at radius 3 is 3.00 bits per heavy atom. The predicted octanol–water partition coefficient (Wildman–Crippen LogP) is 3.48. The highest BCUT2D eigenvalue weighted by atomic mass is 16.5. The van der Waals surface area contributed by atoms with Crippen molar-refractivity contribution in [2.45, 2.75) is 57.5 Å². The molecule has 1 saturated heterocycles. The number of hydrogen-bond donors (Lipinski definition) is 1. The van der Waals surface area contributed by atoms with Crippen molar-refractivity contribution in [2.75, 3.05) is 19.6 Å². The van der Waals surface area contributed by atoms with Crippen LogP contribution in [0.15, 0.2) is 35.0 Å². The quantitative estimate of drug-likeness (QED) is 0.649.